The fourth-order valence-electron chi connectivity index (χ4n) is 1.65. The largest absolute Gasteiger partial charge is 0.390 e. The Balaban J connectivity index is 1.97. The molecule has 2 heterocycles. The average Bonchev–Trinajstić information content (AvgIpc) is 2.73. The Kier molecular flexibility index (Phi) is 3.87. The van der Waals surface area contributed by atoms with Gasteiger partial charge in [0.2, 0.25) is 0 Å². The number of rotatable bonds is 4. The number of hydrogen-bond donors (Lipinski definition) is 1. The number of nitrogens with one attached hydrogen (secondary N) is 1. The van der Waals surface area contributed by atoms with Gasteiger partial charge >= 0.3 is 6.18 Å². The van der Waals surface area contributed by atoms with Crippen molar-refractivity contribution in [3.63, 3.8) is 0 Å². The first-order valence-electron chi connectivity index (χ1n) is 5.59. The minimum absolute atomic E-state index is 0.0762. The van der Waals surface area contributed by atoms with Crippen molar-refractivity contribution in [1.82, 2.24) is 10.3 Å². The molecule has 2 aromatic rings. The molecule has 1 atom stereocenters. The predicted molar refractivity (Wildman–Crippen MR) is 66.7 cm³/mol. The molecule has 0 aliphatic rings. The summed E-state index contributed by atoms with van der Waals surface area (Å²) in [4.78, 5) is 4.27. The van der Waals surface area contributed by atoms with E-state index in [1.54, 1.807) is 17.5 Å². The number of hydrogen-bond acceptors (Lipinski definition) is 3. The lowest BCUT2D eigenvalue weighted by Crippen LogP contribution is -2.24. The topological polar surface area (TPSA) is 24.9 Å². The van der Waals surface area contributed by atoms with Crippen LogP contribution in [0.2, 0.25) is 0 Å². The van der Waals surface area contributed by atoms with Crippen molar-refractivity contribution >= 4 is 21.6 Å². The fourth-order valence-corrected chi connectivity index (χ4v) is 2.44. The molecule has 2 nitrogen and oxygen atoms in total. The first-order chi connectivity index (χ1) is 8.46. The van der Waals surface area contributed by atoms with Crippen molar-refractivity contribution in [2.24, 2.45) is 0 Å². The summed E-state index contributed by atoms with van der Waals surface area (Å²) < 4.78 is 37.1. The van der Waals surface area contributed by atoms with E-state index in [9.17, 15) is 13.2 Å². The van der Waals surface area contributed by atoms with E-state index in [-0.39, 0.29) is 12.6 Å². The number of fused-ring (bicyclic) bond motifs is 1. The summed E-state index contributed by atoms with van der Waals surface area (Å²) in [6, 6.07) is 3.76. The molecule has 0 aliphatic carbocycles. The molecule has 1 N–H and O–H groups in total. The molecular formula is C12H13F3N2S. The molecule has 0 spiro atoms. The van der Waals surface area contributed by atoms with Crippen LogP contribution in [-0.2, 0) is 0 Å². The summed E-state index contributed by atoms with van der Waals surface area (Å²) in [5.74, 6) is 0. The Bertz CT molecular complexity index is 521. The third kappa shape index (κ3) is 3.43. The minimum Gasteiger partial charge on any atom is -0.310 e. The molecule has 0 radical (unpaired) electrons. The van der Waals surface area contributed by atoms with Crippen LogP contribution in [0.5, 0.6) is 0 Å². The van der Waals surface area contributed by atoms with Crippen molar-refractivity contribution in [2.75, 3.05) is 6.54 Å². The van der Waals surface area contributed by atoms with Crippen molar-refractivity contribution in [3.8, 4) is 0 Å². The van der Waals surface area contributed by atoms with Gasteiger partial charge in [-0.05, 0) is 30.0 Å². The molecule has 1 unspecified atom stereocenters. The zero-order valence-corrected chi connectivity index (χ0v) is 10.6. The Morgan fingerprint density at radius 2 is 2.22 bits per heavy atom. The molecule has 2 rings (SSSR count). The standard InChI is InChI=1S/C12H13F3N2S/c1-8(16-4-3-12(13,14)15)9-6-11-10(17-7-9)2-5-18-11/h2,5-8,16H,3-4H2,1H3. The third-order valence-electron chi connectivity index (χ3n) is 2.68. The number of aromatic nitrogens is 1. The van der Waals surface area contributed by atoms with Gasteiger partial charge in [0, 0.05) is 18.8 Å². The maximum Gasteiger partial charge on any atom is 0.390 e. The van der Waals surface area contributed by atoms with E-state index in [2.05, 4.69) is 10.3 Å². The maximum absolute atomic E-state index is 12.0. The summed E-state index contributed by atoms with van der Waals surface area (Å²) in [5, 5.41) is 4.80. The van der Waals surface area contributed by atoms with Crippen LogP contribution in [0, 0.1) is 0 Å². The number of thiophene rings is 1. The number of alkyl halides is 3. The van der Waals surface area contributed by atoms with Crippen LogP contribution in [0.3, 0.4) is 0 Å². The molecule has 0 aliphatic heterocycles. The Morgan fingerprint density at radius 1 is 1.44 bits per heavy atom. The number of halogens is 3. The zero-order chi connectivity index (χ0) is 13.2. The van der Waals surface area contributed by atoms with Gasteiger partial charge in [-0.15, -0.1) is 11.3 Å². The second-order valence-electron chi connectivity index (χ2n) is 4.11. The highest BCUT2D eigenvalue weighted by atomic mass is 32.1. The molecule has 0 saturated carbocycles. The van der Waals surface area contributed by atoms with Gasteiger partial charge in [0.25, 0.3) is 0 Å². The molecule has 0 amide bonds. The van der Waals surface area contributed by atoms with Crippen molar-refractivity contribution < 1.29 is 13.2 Å². The summed E-state index contributed by atoms with van der Waals surface area (Å²) in [6.45, 7) is 1.76. The molecular weight excluding hydrogens is 261 g/mol. The molecule has 18 heavy (non-hydrogen) atoms. The SMILES string of the molecule is CC(NCCC(F)(F)F)c1cnc2ccsc2c1. The lowest BCUT2D eigenvalue weighted by atomic mass is 10.1. The van der Waals surface area contributed by atoms with Crippen LogP contribution in [0.4, 0.5) is 13.2 Å². The van der Waals surface area contributed by atoms with E-state index in [1.807, 2.05) is 24.4 Å². The van der Waals surface area contributed by atoms with Gasteiger partial charge in [-0.25, -0.2) is 0 Å². The molecule has 98 valence electrons. The Hall–Kier alpha value is -1.14. The van der Waals surface area contributed by atoms with Crippen molar-refractivity contribution in [1.29, 1.82) is 0 Å². The van der Waals surface area contributed by atoms with Gasteiger partial charge in [0.15, 0.2) is 0 Å². The highest BCUT2D eigenvalue weighted by Crippen LogP contribution is 2.23. The van der Waals surface area contributed by atoms with E-state index in [1.165, 1.54) is 0 Å². The molecule has 0 saturated heterocycles. The van der Waals surface area contributed by atoms with E-state index in [0.717, 1.165) is 15.8 Å². The number of pyridine rings is 1. The highest BCUT2D eigenvalue weighted by molar-refractivity contribution is 7.17. The normalized spacial score (nSPS) is 14.0. The van der Waals surface area contributed by atoms with Crippen LogP contribution in [-0.4, -0.2) is 17.7 Å². The van der Waals surface area contributed by atoms with Crippen LogP contribution >= 0.6 is 11.3 Å². The average molecular weight is 274 g/mol. The van der Waals surface area contributed by atoms with Gasteiger partial charge < -0.3 is 5.32 Å². The van der Waals surface area contributed by atoms with Gasteiger partial charge in [0.1, 0.15) is 0 Å². The fraction of sp³-hybridized carbons (Fsp3) is 0.417. The second kappa shape index (κ2) is 5.24. The molecule has 0 fully saturated rings. The zero-order valence-electron chi connectivity index (χ0n) is 9.79. The Labute approximate surface area is 107 Å². The predicted octanol–water partition coefficient (Wildman–Crippen LogP) is 3.90. The van der Waals surface area contributed by atoms with E-state index in [4.69, 9.17) is 0 Å². The lowest BCUT2D eigenvalue weighted by Gasteiger charge is -2.14. The van der Waals surface area contributed by atoms with E-state index in [0.29, 0.717) is 0 Å². The van der Waals surface area contributed by atoms with Gasteiger partial charge in [-0.2, -0.15) is 13.2 Å². The van der Waals surface area contributed by atoms with E-state index < -0.39 is 12.6 Å². The lowest BCUT2D eigenvalue weighted by molar-refractivity contribution is -0.133. The van der Waals surface area contributed by atoms with Crippen LogP contribution in [0.25, 0.3) is 10.2 Å². The van der Waals surface area contributed by atoms with Gasteiger partial charge in [-0.3, -0.25) is 4.98 Å². The van der Waals surface area contributed by atoms with E-state index >= 15 is 0 Å². The van der Waals surface area contributed by atoms with Gasteiger partial charge in [0.05, 0.1) is 16.6 Å². The highest BCUT2D eigenvalue weighted by Gasteiger charge is 2.26. The molecule has 0 aromatic carbocycles. The third-order valence-corrected chi connectivity index (χ3v) is 3.54. The quantitative estimate of drug-likeness (QED) is 0.914. The van der Waals surface area contributed by atoms with Crippen molar-refractivity contribution in [3.05, 3.63) is 29.3 Å². The van der Waals surface area contributed by atoms with Crippen LogP contribution in [0.1, 0.15) is 24.9 Å². The molecule has 2 aromatic heterocycles. The van der Waals surface area contributed by atoms with Gasteiger partial charge in [-0.1, -0.05) is 0 Å². The second-order valence-corrected chi connectivity index (χ2v) is 5.06. The Morgan fingerprint density at radius 3 is 2.94 bits per heavy atom. The van der Waals surface area contributed by atoms with Crippen LogP contribution < -0.4 is 5.32 Å². The minimum atomic E-state index is -4.11. The first-order valence-corrected chi connectivity index (χ1v) is 6.47. The first kappa shape index (κ1) is 13.3. The van der Waals surface area contributed by atoms with Crippen LogP contribution in [0.15, 0.2) is 23.7 Å². The summed E-state index contributed by atoms with van der Waals surface area (Å²) in [5.41, 5.74) is 1.83. The summed E-state index contributed by atoms with van der Waals surface area (Å²) >= 11 is 1.58. The monoisotopic (exact) mass is 274 g/mol. The maximum atomic E-state index is 12.0. The smallest absolute Gasteiger partial charge is 0.310 e. The molecule has 0 bridgehead atoms. The summed E-state index contributed by atoms with van der Waals surface area (Å²) in [7, 11) is 0. The van der Waals surface area contributed by atoms with Crippen molar-refractivity contribution in [2.45, 2.75) is 25.6 Å². The molecule has 6 heteroatoms. The summed E-state index contributed by atoms with van der Waals surface area (Å²) in [6.07, 6.45) is -3.21. The number of nitrogens with zero attached hydrogens (tertiary/aromatic N) is 1.